The van der Waals surface area contributed by atoms with E-state index in [0.29, 0.717) is 0 Å². The van der Waals surface area contributed by atoms with Crippen molar-refractivity contribution >= 4 is 27.6 Å². The first kappa shape index (κ1) is 21.3. The van der Waals surface area contributed by atoms with Gasteiger partial charge < -0.3 is 9.84 Å². The van der Waals surface area contributed by atoms with Gasteiger partial charge in [-0.2, -0.15) is 0 Å². The van der Waals surface area contributed by atoms with Crippen molar-refractivity contribution in [1.82, 2.24) is 0 Å². The summed E-state index contributed by atoms with van der Waals surface area (Å²) in [7, 11) is 0. The first-order valence-electron chi connectivity index (χ1n) is 12.9. The zero-order chi connectivity index (χ0) is 24.3. The average molecular weight is 469 g/mol. The molecule has 1 unspecified atom stereocenters. The van der Waals surface area contributed by atoms with Crippen LogP contribution in [0.2, 0.25) is 0 Å². The molecule has 0 fully saturated rings. The maximum absolute atomic E-state index is 10.0. The standard InChI is InChI=1S/C34H28O2/c1-22-10-13-24(14-11-22)34(25-15-17-26(35)18-16-25)21-20-30-28-8-4-5-9-29(28)32-27-7-3-2-6-23(27)12-19-31(32)33(30)36-34/h2-3,6-7,10-21,35H,4-5,8-9H2,1H3. The predicted molar refractivity (Wildman–Crippen MR) is 148 cm³/mol. The SMILES string of the molecule is Cc1ccc(C2(c3ccc(O)cc3)C=Cc3c4c(c5c(ccc6ccccc65)c3O2)CCCC4)cc1. The Bertz CT molecular complexity index is 1610. The summed E-state index contributed by atoms with van der Waals surface area (Å²) in [4.78, 5) is 0. The van der Waals surface area contributed by atoms with Crippen molar-refractivity contribution in [1.29, 1.82) is 0 Å². The second kappa shape index (κ2) is 7.99. The number of benzene rings is 5. The van der Waals surface area contributed by atoms with Gasteiger partial charge in [-0.05, 0) is 84.2 Å². The number of phenolic OH excluding ortho intramolecular Hbond substituents is 1. The van der Waals surface area contributed by atoms with Gasteiger partial charge in [-0.15, -0.1) is 0 Å². The number of ether oxygens (including phenoxy) is 1. The second-order valence-electron chi connectivity index (χ2n) is 10.2. The highest BCUT2D eigenvalue weighted by molar-refractivity contribution is 6.13. The number of fused-ring (bicyclic) bond motifs is 8. The van der Waals surface area contributed by atoms with Crippen LogP contribution in [-0.2, 0) is 18.4 Å². The van der Waals surface area contributed by atoms with Crippen LogP contribution in [0.5, 0.6) is 11.5 Å². The van der Waals surface area contributed by atoms with Gasteiger partial charge in [-0.1, -0.05) is 78.4 Å². The minimum atomic E-state index is -0.782. The highest BCUT2D eigenvalue weighted by atomic mass is 16.5. The van der Waals surface area contributed by atoms with Crippen molar-refractivity contribution in [2.45, 2.75) is 38.2 Å². The molecule has 1 heterocycles. The molecule has 176 valence electrons. The van der Waals surface area contributed by atoms with E-state index in [1.165, 1.54) is 56.6 Å². The van der Waals surface area contributed by atoms with Crippen molar-refractivity contribution < 1.29 is 9.84 Å². The van der Waals surface area contributed by atoms with Gasteiger partial charge in [0.05, 0.1) is 0 Å². The Hall–Kier alpha value is -4.04. The number of hydrogen-bond acceptors (Lipinski definition) is 2. The summed E-state index contributed by atoms with van der Waals surface area (Å²) in [5, 5.41) is 15.1. The lowest BCUT2D eigenvalue weighted by atomic mass is 9.78. The van der Waals surface area contributed by atoms with E-state index in [1.807, 2.05) is 12.1 Å². The molecule has 0 radical (unpaired) electrons. The van der Waals surface area contributed by atoms with Crippen molar-refractivity contribution in [3.05, 3.63) is 124 Å². The van der Waals surface area contributed by atoms with Gasteiger partial charge in [-0.3, -0.25) is 0 Å². The van der Waals surface area contributed by atoms with Crippen molar-refractivity contribution in [2.24, 2.45) is 0 Å². The maximum atomic E-state index is 10.0. The van der Waals surface area contributed by atoms with Gasteiger partial charge in [0.2, 0.25) is 0 Å². The van der Waals surface area contributed by atoms with Crippen molar-refractivity contribution in [2.75, 3.05) is 0 Å². The number of hydrogen-bond donors (Lipinski definition) is 1. The zero-order valence-corrected chi connectivity index (χ0v) is 20.4. The smallest absolute Gasteiger partial charge is 0.178 e. The molecule has 1 aliphatic heterocycles. The molecule has 1 atom stereocenters. The van der Waals surface area contributed by atoms with E-state index in [1.54, 1.807) is 12.1 Å². The number of aryl methyl sites for hydroxylation is 2. The molecule has 0 saturated heterocycles. The Balaban J connectivity index is 1.55. The van der Waals surface area contributed by atoms with Crippen LogP contribution in [0, 0.1) is 6.92 Å². The van der Waals surface area contributed by atoms with Gasteiger partial charge in [0.25, 0.3) is 0 Å². The van der Waals surface area contributed by atoms with Crippen LogP contribution in [-0.4, -0.2) is 5.11 Å². The Kier molecular flexibility index (Phi) is 4.72. The van der Waals surface area contributed by atoms with Crippen LogP contribution in [0.4, 0.5) is 0 Å². The molecule has 5 aromatic rings. The third kappa shape index (κ3) is 3.10. The molecule has 0 aromatic heterocycles. The van der Waals surface area contributed by atoms with Gasteiger partial charge >= 0.3 is 0 Å². The number of phenols is 1. The van der Waals surface area contributed by atoms with Crippen LogP contribution in [0.1, 0.15) is 46.2 Å². The zero-order valence-electron chi connectivity index (χ0n) is 20.4. The molecule has 2 nitrogen and oxygen atoms in total. The highest BCUT2D eigenvalue weighted by Crippen LogP contribution is 2.50. The van der Waals surface area contributed by atoms with Gasteiger partial charge in [0.1, 0.15) is 11.5 Å². The largest absolute Gasteiger partial charge is 0.508 e. The van der Waals surface area contributed by atoms with Crippen LogP contribution in [0.25, 0.3) is 27.6 Å². The monoisotopic (exact) mass is 468 g/mol. The third-order valence-corrected chi connectivity index (χ3v) is 8.04. The van der Waals surface area contributed by atoms with E-state index in [4.69, 9.17) is 4.74 Å². The van der Waals surface area contributed by atoms with Gasteiger partial charge in [-0.25, -0.2) is 0 Å². The second-order valence-corrected chi connectivity index (χ2v) is 10.2. The molecule has 36 heavy (non-hydrogen) atoms. The summed E-state index contributed by atoms with van der Waals surface area (Å²) < 4.78 is 7.23. The average Bonchev–Trinajstić information content (AvgIpc) is 2.93. The molecule has 2 aliphatic rings. The fourth-order valence-electron chi connectivity index (χ4n) is 6.22. The molecular formula is C34H28O2. The summed E-state index contributed by atoms with van der Waals surface area (Å²) in [6.07, 6.45) is 9.15. The first-order chi connectivity index (χ1) is 17.6. The molecule has 0 saturated carbocycles. The molecule has 0 bridgehead atoms. The van der Waals surface area contributed by atoms with Crippen molar-refractivity contribution in [3.63, 3.8) is 0 Å². The normalized spacial score (nSPS) is 18.6. The molecule has 1 N–H and O–H groups in total. The van der Waals surface area contributed by atoms with E-state index in [0.717, 1.165) is 29.7 Å². The molecule has 2 heteroatoms. The maximum Gasteiger partial charge on any atom is 0.178 e. The summed E-state index contributed by atoms with van der Waals surface area (Å²) in [6, 6.07) is 29.2. The lowest BCUT2D eigenvalue weighted by Gasteiger charge is -2.38. The summed E-state index contributed by atoms with van der Waals surface area (Å²) in [5.74, 6) is 1.22. The Labute approximate surface area is 211 Å². The minimum absolute atomic E-state index is 0.254. The van der Waals surface area contributed by atoms with E-state index >= 15 is 0 Å². The summed E-state index contributed by atoms with van der Waals surface area (Å²) >= 11 is 0. The quantitative estimate of drug-likeness (QED) is 0.264. The molecule has 1 aliphatic carbocycles. The van der Waals surface area contributed by atoms with Crippen LogP contribution < -0.4 is 4.74 Å². The first-order valence-corrected chi connectivity index (χ1v) is 12.9. The van der Waals surface area contributed by atoms with Crippen molar-refractivity contribution in [3.8, 4) is 11.5 Å². The van der Waals surface area contributed by atoms with E-state index < -0.39 is 5.60 Å². The fraction of sp³-hybridized carbons (Fsp3) is 0.176. The Morgan fingerprint density at radius 3 is 2.19 bits per heavy atom. The van der Waals surface area contributed by atoms with E-state index in [2.05, 4.69) is 79.7 Å². The predicted octanol–water partition coefficient (Wildman–Crippen LogP) is 8.24. The number of rotatable bonds is 2. The lowest BCUT2D eigenvalue weighted by Crippen LogP contribution is -2.34. The van der Waals surface area contributed by atoms with Gasteiger partial charge in [0.15, 0.2) is 5.60 Å². The third-order valence-electron chi connectivity index (χ3n) is 8.04. The summed E-state index contributed by atoms with van der Waals surface area (Å²) in [5.41, 5.74) is 6.67. The topological polar surface area (TPSA) is 29.5 Å². The lowest BCUT2D eigenvalue weighted by molar-refractivity contribution is 0.163. The van der Waals surface area contributed by atoms with Crippen LogP contribution in [0.3, 0.4) is 0 Å². The van der Waals surface area contributed by atoms with E-state index in [-0.39, 0.29) is 5.75 Å². The molecule has 0 spiro atoms. The van der Waals surface area contributed by atoms with Crippen LogP contribution in [0.15, 0.2) is 91.0 Å². The van der Waals surface area contributed by atoms with Crippen LogP contribution >= 0.6 is 0 Å². The van der Waals surface area contributed by atoms with Gasteiger partial charge in [0, 0.05) is 22.1 Å². The molecular weight excluding hydrogens is 440 g/mol. The molecule has 0 amide bonds. The Morgan fingerprint density at radius 2 is 1.42 bits per heavy atom. The minimum Gasteiger partial charge on any atom is -0.508 e. The van der Waals surface area contributed by atoms with E-state index in [9.17, 15) is 5.11 Å². The molecule has 5 aromatic carbocycles. The Morgan fingerprint density at radius 1 is 0.722 bits per heavy atom. The molecule has 7 rings (SSSR count). The summed E-state index contributed by atoms with van der Waals surface area (Å²) in [6.45, 7) is 2.11. The highest BCUT2D eigenvalue weighted by Gasteiger charge is 2.39. The number of aromatic hydroxyl groups is 1. The fourth-order valence-corrected chi connectivity index (χ4v) is 6.22.